The molecule has 1 saturated heterocycles. The number of nitrogens with one attached hydrogen (secondary N) is 1. The highest BCUT2D eigenvalue weighted by atomic mass is 16.6. The molecule has 9 heteroatoms. The van der Waals surface area contributed by atoms with Gasteiger partial charge in [-0.3, -0.25) is 9.59 Å². The third-order valence-electron chi connectivity index (χ3n) is 10.3. The van der Waals surface area contributed by atoms with Crippen LogP contribution in [0.25, 0.3) is 10.9 Å². The molecular weight excluding hydrogens is 582 g/mol. The number of amides is 2. The summed E-state index contributed by atoms with van der Waals surface area (Å²) in [6.45, 7) is 11.7. The number of benzene rings is 1. The minimum Gasteiger partial charge on any atom is -0.497 e. The van der Waals surface area contributed by atoms with E-state index in [4.69, 9.17) is 19.2 Å². The van der Waals surface area contributed by atoms with Crippen LogP contribution >= 0.6 is 0 Å². The Labute approximate surface area is 274 Å². The molecule has 6 atom stereocenters. The van der Waals surface area contributed by atoms with Crippen LogP contribution in [0.4, 0.5) is 4.79 Å². The van der Waals surface area contributed by atoms with Gasteiger partial charge in [0.1, 0.15) is 24.0 Å². The number of aryl methyl sites for hydroxylation is 1. The van der Waals surface area contributed by atoms with Crippen LogP contribution in [0.5, 0.6) is 11.6 Å². The monoisotopic (exact) mass is 635 g/mol. The van der Waals surface area contributed by atoms with Gasteiger partial charge >= 0.3 is 6.09 Å². The standard InChI is InChI=1S/C37H53N3O6/c1-22(2)32(41)31-23(3)30-21-40(31)35(42)33(37(4,5)6)39-36(43)46-29-16-12-11-14-24(29)13-9-8-10-15-26-19-25-17-18-27(44-7)20-28(25)38-34(26)45-30/h17-20,22-24,29-31,33H,8-16,21H2,1-7H3,(H,39,43). The summed E-state index contributed by atoms with van der Waals surface area (Å²) in [7, 11) is 1.64. The van der Waals surface area contributed by atoms with Crippen LogP contribution in [0.1, 0.15) is 98.5 Å². The molecule has 1 aromatic heterocycles. The maximum atomic E-state index is 14.5. The van der Waals surface area contributed by atoms with Crippen LogP contribution < -0.4 is 14.8 Å². The normalized spacial score (nSPS) is 28.3. The molecule has 1 aromatic carbocycles. The average Bonchev–Trinajstić information content (AvgIpc) is 3.33. The van der Waals surface area contributed by atoms with Gasteiger partial charge in [0.15, 0.2) is 5.78 Å². The lowest BCUT2D eigenvalue weighted by molar-refractivity contribution is -0.143. The van der Waals surface area contributed by atoms with Crippen molar-refractivity contribution in [1.82, 2.24) is 15.2 Å². The average molecular weight is 636 g/mol. The Hall–Kier alpha value is -3.36. The number of fused-ring (bicyclic) bond motifs is 5. The fraction of sp³-hybridized carbons (Fsp3) is 0.676. The van der Waals surface area contributed by atoms with Crippen molar-refractivity contribution in [2.45, 2.75) is 124 Å². The largest absolute Gasteiger partial charge is 0.497 e. The SMILES string of the molecule is COc1ccc2cc3c(nc2c1)OC1CN(C(=O)C(C(C)(C)C)NC(=O)OC2CCCCC2CCCCC3)C(C(=O)C(C)C)C1C. The first-order valence-electron chi connectivity index (χ1n) is 17.3. The minimum absolute atomic E-state index is 0.0189. The first-order chi connectivity index (χ1) is 21.9. The van der Waals surface area contributed by atoms with Gasteiger partial charge in [0.05, 0.1) is 25.2 Å². The fourth-order valence-corrected chi connectivity index (χ4v) is 7.47. The number of pyridine rings is 1. The summed E-state index contributed by atoms with van der Waals surface area (Å²) >= 11 is 0. The van der Waals surface area contributed by atoms with Crippen LogP contribution in [-0.2, 0) is 20.7 Å². The number of Topliss-reactive ketones (excluding diaryl/α,β-unsaturated/α-hetero) is 1. The summed E-state index contributed by atoms with van der Waals surface area (Å²) in [4.78, 5) is 48.2. The molecule has 1 saturated carbocycles. The molecular formula is C37H53N3O6. The molecule has 2 amide bonds. The van der Waals surface area contributed by atoms with Crippen molar-refractivity contribution >= 4 is 28.7 Å². The van der Waals surface area contributed by atoms with Gasteiger partial charge in [0, 0.05) is 28.9 Å². The summed E-state index contributed by atoms with van der Waals surface area (Å²) in [5.41, 5.74) is 1.18. The summed E-state index contributed by atoms with van der Waals surface area (Å²) in [6, 6.07) is 6.46. The zero-order valence-corrected chi connectivity index (χ0v) is 28.8. The topological polar surface area (TPSA) is 107 Å². The lowest BCUT2D eigenvalue weighted by atomic mass is 9.83. The second-order valence-electron chi connectivity index (χ2n) is 15.1. The maximum Gasteiger partial charge on any atom is 0.408 e. The van der Waals surface area contributed by atoms with Gasteiger partial charge in [-0.15, -0.1) is 0 Å². The van der Waals surface area contributed by atoms with Crippen molar-refractivity contribution < 1.29 is 28.6 Å². The second kappa shape index (κ2) is 14.2. The van der Waals surface area contributed by atoms with E-state index < -0.39 is 29.7 Å². The van der Waals surface area contributed by atoms with Crippen molar-refractivity contribution in [2.75, 3.05) is 13.7 Å². The molecule has 6 unspecified atom stereocenters. The molecule has 2 bridgehead atoms. The number of carbonyl (C=O) groups is 3. The number of carbonyl (C=O) groups excluding carboxylic acids is 3. The van der Waals surface area contributed by atoms with Crippen molar-refractivity contribution in [1.29, 1.82) is 0 Å². The van der Waals surface area contributed by atoms with Gasteiger partial charge in [-0.2, -0.15) is 0 Å². The zero-order chi connectivity index (χ0) is 33.2. The van der Waals surface area contributed by atoms with Crippen molar-refractivity contribution in [3.8, 4) is 11.6 Å². The van der Waals surface area contributed by atoms with Crippen molar-refractivity contribution in [2.24, 2.45) is 23.2 Å². The second-order valence-corrected chi connectivity index (χ2v) is 15.1. The van der Waals surface area contributed by atoms with Crippen LogP contribution in [0.3, 0.4) is 0 Å². The molecule has 0 spiro atoms. The first-order valence-corrected chi connectivity index (χ1v) is 17.3. The van der Waals surface area contributed by atoms with Gasteiger partial charge in [0.2, 0.25) is 11.8 Å². The number of hydrogen-bond donors (Lipinski definition) is 1. The van der Waals surface area contributed by atoms with Crippen molar-refractivity contribution in [3.05, 3.63) is 29.8 Å². The van der Waals surface area contributed by atoms with Gasteiger partial charge in [-0.05, 0) is 68.1 Å². The van der Waals surface area contributed by atoms with Crippen LogP contribution in [-0.4, -0.2) is 65.6 Å². The van der Waals surface area contributed by atoms with E-state index in [0.29, 0.717) is 17.5 Å². The molecule has 3 heterocycles. The van der Waals surface area contributed by atoms with Gasteiger partial charge in [0.25, 0.3) is 0 Å². The molecule has 46 heavy (non-hydrogen) atoms. The molecule has 3 aliphatic rings. The molecule has 0 radical (unpaired) electrons. The first kappa shape index (κ1) is 34.0. The number of hydrogen-bond acceptors (Lipinski definition) is 7. The Morgan fingerprint density at radius 2 is 1.72 bits per heavy atom. The Balaban J connectivity index is 1.55. The maximum absolute atomic E-state index is 14.5. The Kier molecular flexibility index (Phi) is 10.5. The summed E-state index contributed by atoms with van der Waals surface area (Å²) in [5.74, 6) is 0.700. The smallest absolute Gasteiger partial charge is 0.408 e. The Bertz CT molecular complexity index is 1420. The molecule has 252 valence electrons. The van der Waals surface area contributed by atoms with E-state index in [1.165, 1.54) is 0 Å². The number of aromatic nitrogens is 1. The molecule has 9 nitrogen and oxygen atoms in total. The highest BCUT2D eigenvalue weighted by Crippen LogP contribution is 2.36. The minimum atomic E-state index is -0.879. The number of methoxy groups -OCH3 is 1. The molecule has 1 N–H and O–H groups in total. The Morgan fingerprint density at radius 1 is 1.00 bits per heavy atom. The number of alkyl carbamates (subject to hydrolysis) is 1. The summed E-state index contributed by atoms with van der Waals surface area (Å²) in [6.07, 6.45) is 7.78. The molecule has 2 aliphatic heterocycles. The van der Waals surface area contributed by atoms with E-state index in [2.05, 4.69) is 11.4 Å². The quantitative estimate of drug-likeness (QED) is 0.392. The van der Waals surface area contributed by atoms with E-state index in [1.807, 2.05) is 59.7 Å². The van der Waals surface area contributed by atoms with Crippen LogP contribution in [0.15, 0.2) is 24.3 Å². The summed E-state index contributed by atoms with van der Waals surface area (Å²) in [5, 5.41) is 3.96. The van der Waals surface area contributed by atoms with Crippen molar-refractivity contribution in [3.63, 3.8) is 0 Å². The van der Waals surface area contributed by atoms with E-state index in [-0.39, 0.29) is 36.2 Å². The van der Waals surface area contributed by atoms with Crippen LogP contribution in [0, 0.1) is 23.2 Å². The van der Waals surface area contributed by atoms with Gasteiger partial charge < -0.3 is 24.4 Å². The third-order valence-corrected chi connectivity index (χ3v) is 10.3. The highest BCUT2D eigenvalue weighted by molar-refractivity contribution is 5.94. The van der Waals surface area contributed by atoms with E-state index in [0.717, 1.165) is 74.3 Å². The predicted octanol–water partition coefficient (Wildman–Crippen LogP) is 6.88. The molecule has 2 fully saturated rings. The number of rotatable bonds is 3. The lowest BCUT2D eigenvalue weighted by Crippen LogP contribution is -2.58. The fourth-order valence-electron chi connectivity index (χ4n) is 7.47. The van der Waals surface area contributed by atoms with Gasteiger partial charge in [-0.1, -0.05) is 60.8 Å². The van der Waals surface area contributed by atoms with Crippen LogP contribution in [0.2, 0.25) is 0 Å². The lowest BCUT2D eigenvalue weighted by Gasteiger charge is -2.37. The zero-order valence-electron chi connectivity index (χ0n) is 28.8. The third kappa shape index (κ3) is 7.44. The van der Waals surface area contributed by atoms with E-state index >= 15 is 0 Å². The predicted molar refractivity (Wildman–Crippen MR) is 178 cm³/mol. The summed E-state index contributed by atoms with van der Waals surface area (Å²) < 4.78 is 18.3. The molecule has 2 aromatic rings. The molecule has 1 aliphatic carbocycles. The van der Waals surface area contributed by atoms with Gasteiger partial charge in [-0.25, -0.2) is 9.78 Å². The van der Waals surface area contributed by atoms with E-state index in [1.54, 1.807) is 12.0 Å². The van der Waals surface area contributed by atoms with E-state index in [9.17, 15) is 14.4 Å². The number of ether oxygens (including phenoxy) is 3. The molecule has 5 rings (SSSR count). The highest BCUT2D eigenvalue weighted by Gasteiger charge is 2.50. The number of ketones is 1. The Morgan fingerprint density at radius 3 is 2.41 bits per heavy atom. The number of nitrogens with zero attached hydrogens (tertiary/aromatic N) is 2.